The number of aryl methyl sites for hydroxylation is 1. The van der Waals surface area contributed by atoms with Crippen molar-refractivity contribution in [3.63, 3.8) is 0 Å². The standard InChI is InChI=1S/C12H13FN4O/c1-8-2-3-10(13)11(4-8)16-12(18)7-17-6-9(14)5-15-17/h2-6H,7,14H2,1H3,(H,16,18). The molecule has 0 saturated heterocycles. The van der Waals surface area contributed by atoms with Crippen LogP contribution in [0, 0.1) is 12.7 Å². The van der Waals surface area contributed by atoms with Crippen LogP contribution in [0.15, 0.2) is 30.6 Å². The van der Waals surface area contributed by atoms with E-state index in [2.05, 4.69) is 10.4 Å². The van der Waals surface area contributed by atoms with E-state index in [4.69, 9.17) is 5.73 Å². The van der Waals surface area contributed by atoms with Crippen LogP contribution >= 0.6 is 0 Å². The Kier molecular flexibility index (Phi) is 3.27. The van der Waals surface area contributed by atoms with E-state index in [1.807, 2.05) is 6.92 Å². The van der Waals surface area contributed by atoms with Crippen LogP contribution in [-0.2, 0) is 11.3 Å². The molecule has 1 aromatic carbocycles. The van der Waals surface area contributed by atoms with Gasteiger partial charge in [-0.25, -0.2) is 4.39 Å². The Bertz CT molecular complexity index is 579. The van der Waals surface area contributed by atoms with Crippen molar-refractivity contribution >= 4 is 17.3 Å². The van der Waals surface area contributed by atoms with Gasteiger partial charge in [-0.1, -0.05) is 6.07 Å². The molecule has 0 unspecified atom stereocenters. The first-order valence-corrected chi connectivity index (χ1v) is 5.38. The van der Waals surface area contributed by atoms with Gasteiger partial charge in [-0.3, -0.25) is 9.48 Å². The molecular weight excluding hydrogens is 235 g/mol. The lowest BCUT2D eigenvalue weighted by Crippen LogP contribution is -2.19. The van der Waals surface area contributed by atoms with Gasteiger partial charge in [0, 0.05) is 6.20 Å². The summed E-state index contributed by atoms with van der Waals surface area (Å²) in [6.45, 7) is 1.81. The smallest absolute Gasteiger partial charge is 0.246 e. The van der Waals surface area contributed by atoms with Crippen LogP contribution < -0.4 is 11.1 Å². The lowest BCUT2D eigenvalue weighted by Gasteiger charge is -2.07. The number of anilines is 2. The number of nitrogens with two attached hydrogens (primary N) is 1. The summed E-state index contributed by atoms with van der Waals surface area (Å²) in [5, 5.41) is 6.37. The molecule has 0 aliphatic heterocycles. The van der Waals surface area contributed by atoms with Gasteiger partial charge in [-0.05, 0) is 24.6 Å². The number of halogens is 1. The van der Waals surface area contributed by atoms with Gasteiger partial charge < -0.3 is 11.1 Å². The molecule has 0 bridgehead atoms. The number of carbonyl (C=O) groups is 1. The van der Waals surface area contributed by atoms with Gasteiger partial charge in [-0.15, -0.1) is 0 Å². The number of nitrogens with one attached hydrogen (secondary N) is 1. The van der Waals surface area contributed by atoms with Gasteiger partial charge in [0.05, 0.1) is 17.6 Å². The Hall–Kier alpha value is -2.37. The molecule has 1 heterocycles. The molecule has 3 N–H and O–H groups in total. The molecule has 1 amide bonds. The third-order valence-corrected chi connectivity index (χ3v) is 2.35. The van der Waals surface area contributed by atoms with Crippen molar-refractivity contribution in [2.45, 2.75) is 13.5 Å². The number of amides is 1. The maximum absolute atomic E-state index is 13.4. The van der Waals surface area contributed by atoms with Crippen LogP contribution in [0.5, 0.6) is 0 Å². The molecule has 0 fully saturated rings. The van der Waals surface area contributed by atoms with Gasteiger partial charge in [-0.2, -0.15) is 5.10 Å². The molecule has 0 atom stereocenters. The fraction of sp³-hybridized carbons (Fsp3) is 0.167. The van der Waals surface area contributed by atoms with Crippen LogP contribution in [0.2, 0.25) is 0 Å². The van der Waals surface area contributed by atoms with Gasteiger partial charge in [0.1, 0.15) is 12.4 Å². The highest BCUT2D eigenvalue weighted by molar-refractivity contribution is 5.90. The summed E-state index contributed by atoms with van der Waals surface area (Å²) in [6.07, 6.45) is 2.98. The number of nitrogen functional groups attached to an aromatic ring is 1. The Morgan fingerprint density at radius 1 is 1.56 bits per heavy atom. The van der Waals surface area contributed by atoms with E-state index < -0.39 is 5.82 Å². The van der Waals surface area contributed by atoms with Crippen LogP contribution in [0.1, 0.15) is 5.56 Å². The molecule has 0 radical (unpaired) electrons. The highest BCUT2D eigenvalue weighted by Crippen LogP contribution is 2.15. The molecule has 6 heteroatoms. The van der Waals surface area contributed by atoms with Crippen molar-refractivity contribution in [1.82, 2.24) is 9.78 Å². The number of carbonyl (C=O) groups excluding carboxylic acids is 1. The van der Waals surface area contributed by atoms with Crippen LogP contribution in [0.3, 0.4) is 0 Å². The van der Waals surface area contributed by atoms with Crippen LogP contribution in [0.25, 0.3) is 0 Å². The van der Waals surface area contributed by atoms with E-state index in [0.717, 1.165) is 5.56 Å². The van der Waals surface area contributed by atoms with E-state index in [1.165, 1.54) is 23.1 Å². The summed E-state index contributed by atoms with van der Waals surface area (Å²) in [4.78, 5) is 11.7. The lowest BCUT2D eigenvalue weighted by atomic mass is 10.2. The molecule has 0 aliphatic carbocycles. The van der Waals surface area contributed by atoms with Crippen molar-refractivity contribution in [2.75, 3.05) is 11.1 Å². The lowest BCUT2D eigenvalue weighted by molar-refractivity contribution is -0.116. The highest BCUT2D eigenvalue weighted by Gasteiger charge is 2.08. The second kappa shape index (κ2) is 4.87. The molecule has 18 heavy (non-hydrogen) atoms. The van der Waals surface area contributed by atoms with Gasteiger partial charge in [0.25, 0.3) is 0 Å². The minimum atomic E-state index is -0.464. The normalized spacial score (nSPS) is 10.3. The molecule has 0 saturated carbocycles. The molecule has 1 aromatic heterocycles. The zero-order valence-electron chi connectivity index (χ0n) is 9.85. The highest BCUT2D eigenvalue weighted by atomic mass is 19.1. The van der Waals surface area contributed by atoms with Crippen molar-refractivity contribution < 1.29 is 9.18 Å². The monoisotopic (exact) mass is 248 g/mol. The van der Waals surface area contributed by atoms with Gasteiger partial charge in [0.2, 0.25) is 5.91 Å². The quantitative estimate of drug-likeness (QED) is 0.865. The molecule has 0 aliphatic rings. The Balaban J connectivity index is 2.05. The van der Waals surface area contributed by atoms with Crippen LogP contribution in [-0.4, -0.2) is 15.7 Å². The largest absolute Gasteiger partial charge is 0.396 e. The SMILES string of the molecule is Cc1ccc(F)c(NC(=O)Cn2cc(N)cn2)c1. The maximum Gasteiger partial charge on any atom is 0.246 e. The number of rotatable bonds is 3. The maximum atomic E-state index is 13.4. The minimum Gasteiger partial charge on any atom is -0.396 e. The summed E-state index contributed by atoms with van der Waals surface area (Å²) in [7, 11) is 0. The molecule has 94 valence electrons. The minimum absolute atomic E-state index is 0.00934. The Labute approximate surface area is 103 Å². The predicted octanol–water partition coefficient (Wildman–Crippen LogP) is 1.55. The Morgan fingerprint density at radius 2 is 2.33 bits per heavy atom. The second-order valence-electron chi connectivity index (χ2n) is 4.00. The molecule has 2 aromatic rings. The summed E-state index contributed by atoms with van der Waals surface area (Å²) < 4.78 is 14.8. The topological polar surface area (TPSA) is 72.9 Å². The van der Waals surface area contributed by atoms with E-state index in [1.54, 1.807) is 12.1 Å². The number of nitrogens with zero attached hydrogens (tertiary/aromatic N) is 2. The Morgan fingerprint density at radius 3 is 3.00 bits per heavy atom. The molecule has 5 nitrogen and oxygen atoms in total. The van der Waals surface area contributed by atoms with E-state index in [0.29, 0.717) is 5.69 Å². The van der Waals surface area contributed by atoms with Crippen molar-refractivity contribution in [3.8, 4) is 0 Å². The number of aromatic nitrogens is 2. The number of benzene rings is 1. The van der Waals surface area contributed by atoms with Gasteiger partial charge in [0.15, 0.2) is 0 Å². The van der Waals surface area contributed by atoms with E-state index >= 15 is 0 Å². The fourth-order valence-corrected chi connectivity index (χ4v) is 1.54. The van der Waals surface area contributed by atoms with Crippen LogP contribution in [0.4, 0.5) is 15.8 Å². The summed E-state index contributed by atoms with van der Waals surface area (Å²) in [6, 6.07) is 4.53. The number of hydrogen-bond donors (Lipinski definition) is 2. The first-order valence-electron chi connectivity index (χ1n) is 5.38. The first kappa shape index (κ1) is 12.1. The van der Waals surface area contributed by atoms with Gasteiger partial charge >= 0.3 is 0 Å². The average Bonchev–Trinajstić information content (AvgIpc) is 2.69. The first-order chi connectivity index (χ1) is 8.54. The second-order valence-corrected chi connectivity index (χ2v) is 4.00. The van der Waals surface area contributed by atoms with Crippen molar-refractivity contribution in [3.05, 3.63) is 42.0 Å². The summed E-state index contributed by atoms with van der Waals surface area (Å²) in [5.74, 6) is -0.823. The predicted molar refractivity (Wildman–Crippen MR) is 66.4 cm³/mol. The van der Waals surface area contributed by atoms with Crippen molar-refractivity contribution in [2.24, 2.45) is 0 Å². The third-order valence-electron chi connectivity index (χ3n) is 2.35. The van der Waals surface area contributed by atoms with E-state index in [9.17, 15) is 9.18 Å². The fourth-order valence-electron chi connectivity index (χ4n) is 1.54. The zero-order chi connectivity index (χ0) is 13.1. The van der Waals surface area contributed by atoms with E-state index in [-0.39, 0.29) is 18.1 Å². The third kappa shape index (κ3) is 2.85. The molecule has 0 spiro atoms. The zero-order valence-corrected chi connectivity index (χ0v) is 9.85. The number of hydrogen-bond acceptors (Lipinski definition) is 3. The molecule has 2 rings (SSSR count). The summed E-state index contributed by atoms with van der Waals surface area (Å²) in [5.41, 5.74) is 6.99. The van der Waals surface area contributed by atoms with Crippen molar-refractivity contribution in [1.29, 1.82) is 0 Å². The molecular formula is C12H13FN4O. The summed E-state index contributed by atoms with van der Waals surface area (Å²) >= 11 is 0. The average molecular weight is 248 g/mol.